The van der Waals surface area contributed by atoms with Gasteiger partial charge in [0.25, 0.3) is 5.91 Å². The molecule has 0 aliphatic heterocycles. The van der Waals surface area contributed by atoms with E-state index in [1.54, 1.807) is 7.11 Å². The van der Waals surface area contributed by atoms with E-state index in [9.17, 15) is 4.79 Å². The molecular weight excluding hydrogens is 318 g/mol. The van der Waals surface area contributed by atoms with Crippen molar-refractivity contribution in [1.82, 2.24) is 15.1 Å². The third-order valence-electron chi connectivity index (χ3n) is 4.98. The number of nitrogens with zero attached hydrogens (tertiary/aromatic N) is 2. The number of nitrogens with one attached hydrogen (secondary N) is 1. The molecule has 0 spiro atoms. The lowest BCUT2D eigenvalue weighted by Gasteiger charge is -2.23. The van der Waals surface area contributed by atoms with Crippen LogP contribution in [-0.4, -0.2) is 22.8 Å². The number of carbonyl (C=O) groups excluding carboxylic acids is 1. The Balaban J connectivity index is 1.68. The molecular formula is C19H21N3O3. The largest absolute Gasteiger partial charge is 0.497 e. The fourth-order valence-corrected chi connectivity index (χ4v) is 3.69. The fourth-order valence-electron chi connectivity index (χ4n) is 3.69. The zero-order chi connectivity index (χ0) is 17.6. The van der Waals surface area contributed by atoms with Crippen LogP contribution in [0.4, 0.5) is 0 Å². The van der Waals surface area contributed by atoms with Crippen LogP contribution in [0.2, 0.25) is 0 Å². The molecule has 4 rings (SSSR count). The van der Waals surface area contributed by atoms with Crippen LogP contribution in [0.3, 0.4) is 0 Å². The highest BCUT2D eigenvalue weighted by Gasteiger charge is 2.27. The predicted molar refractivity (Wildman–Crippen MR) is 93.9 cm³/mol. The number of hydrogen-bond donors (Lipinski definition) is 1. The summed E-state index contributed by atoms with van der Waals surface area (Å²) in [6.45, 7) is 1.82. The Hall–Kier alpha value is -2.76. The van der Waals surface area contributed by atoms with E-state index in [4.69, 9.17) is 9.15 Å². The van der Waals surface area contributed by atoms with E-state index in [1.165, 1.54) is 5.69 Å². The van der Waals surface area contributed by atoms with Crippen LogP contribution < -0.4 is 10.1 Å². The molecule has 0 saturated carbocycles. The minimum absolute atomic E-state index is 0.0140. The number of methoxy groups -OCH3 is 1. The molecule has 0 unspecified atom stereocenters. The lowest BCUT2D eigenvalue weighted by Crippen LogP contribution is -2.31. The van der Waals surface area contributed by atoms with Gasteiger partial charge in [-0.3, -0.25) is 9.48 Å². The molecule has 0 saturated heterocycles. The smallest absolute Gasteiger partial charge is 0.255 e. The lowest BCUT2D eigenvalue weighted by molar-refractivity contribution is 0.0932. The Labute approximate surface area is 145 Å². The molecule has 0 bridgehead atoms. The van der Waals surface area contributed by atoms with Crippen molar-refractivity contribution in [1.29, 1.82) is 0 Å². The van der Waals surface area contributed by atoms with Crippen LogP contribution in [0.15, 0.2) is 28.8 Å². The Morgan fingerprint density at radius 2 is 2.28 bits per heavy atom. The van der Waals surface area contributed by atoms with Crippen molar-refractivity contribution in [2.75, 3.05) is 7.11 Å². The van der Waals surface area contributed by atoms with Crippen LogP contribution in [0.5, 0.6) is 5.75 Å². The van der Waals surface area contributed by atoms with E-state index in [2.05, 4.69) is 10.4 Å². The van der Waals surface area contributed by atoms with Crippen molar-refractivity contribution in [2.45, 2.75) is 32.2 Å². The van der Waals surface area contributed by atoms with E-state index in [1.807, 2.05) is 43.0 Å². The van der Waals surface area contributed by atoms with Gasteiger partial charge in [-0.1, -0.05) is 0 Å². The van der Waals surface area contributed by atoms with E-state index < -0.39 is 0 Å². The molecule has 6 heteroatoms. The van der Waals surface area contributed by atoms with E-state index in [-0.39, 0.29) is 11.9 Å². The maximum atomic E-state index is 13.0. The standard InChI is InChI=1S/C19H21N3O3/c1-11-18(13-9-12(24-3)7-8-17(13)25-11)19(23)21-15-5-4-6-16-14(15)10-20-22(16)2/h7-10,15H,4-6H2,1-3H3,(H,21,23)/t15-/m1/s1. The number of amides is 1. The molecule has 1 atom stereocenters. The molecule has 1 amide bonds. The van der Waals surface area contributed by atoms with Gasteiger partial charge >= 0.3 is 0 Å². The highest BCUT2D eigenvalue weighted by Crippen LogP contribution is 2.32. The quantitative estimate of drug-likeness (QED) is 0.795. The number of fused-ring (bicyclic) bond motifs is 2. The highest BCUT2D eigenvalue weighted by molar-refractivity contribution is 6.07. The predicted octanol–water partition coefficient (Wildman–Crippen LogP) is 3.29. The number of rotatable bonds is 3. The average molecular weight is 339 g/mol. The summed E-state index contributed by atoms with van der Waals surface area (Å²) >= 11 is 0. The van der Waals surface area contributed by atoms with E-state index in [0.717, 1.165) is 30.2 Å². The second-order valence-corrected chi connectivity index (χ2v) is 6.48. The minimum Gasteiger partial charge on any atom is -0.497 e. The maximum Gasteiger partial charge on any atom is 0.255 e. The molecule has 2 heterocycles. The third-order valence-corrected chi connectivity index (χ3v) is 4.98. The summed E-state index contributed by atoms with van der Waals surface area (Å²) in [4.78, 5) is 13.0. The van der Waals surface area contributed by atoms with Crippen LogP contribution in [0.1, 0.15) is 46.3 Å². The first-order valence-corrected chi connectivity index (χ1v) is 8.47. The van der Waals surface area contributed by atoms with Crippen molar-refractivity contribution >= 4 is 16.9 Å². The number of ether oxygens (including phenoxy) is 1. The van der Waals surface area contributed by atoms with Crippen molar-refractivity contribution < 1.29 is 13.9 Å². The van der Waals surface area contributed by atoms with E-state index >= 15 is 0 Å². The van der Waals surface area contributed by atoms with Gasteiger partial charge in [-0.15, -0.1) is 0 Å². The number of furan rings is 1. The number of hydrogen-bond acceptors (Lipinski definition) is 4. The highest BCUT2D eigenvalue weighted by atomic mass is 16.5. The summed E-state index contributed by atoms with van der Waals surface area (Å²) in [6, 6.07) is 5.49. The first-order chi connectivity index (χ1) is 12.1. The van der Waals surface area contributed by atoms with Gasteiger partial charge in [0.05, 0.1) is 24.9 Å². The zero-order valence-corrected chi connectivity index (χ0v) is 14.6. The molecule has 0 radical (unpaired) electrons. The molecule has 1 aliphatic rings. The monoisotopic (exact) mass is 339 g/mol. The number of aryl methyl sites for hydroxylation is 2. The topological polar surface area (TPSA) is 69.3 Å². The first-order valence-electron chi connectivity index (χ1n) is 8.47. The molecule has 130 valence electrons. The Kier molecular flexibility index (Phi) is 3.75. The third kappa shape index (κ3) is 2.58. The second kappa shape index (κ2) is 5.95. The normalized spacial score (nSPS) is 16.7. The molecule has 0 fully saturated rings. The summed E-state index contributed by atoms with van der Waals surface area (Å²) in [5.74, 6) is 1.20. The lowest BCUT2D eigenvalue weighted by atomic mass is 9.92. The molecule has 6 nitrogen and oxygen atoms in total. The summed E-state index contributed by atoms with van der Waals surface area (Å²) in [7, 11) is 3.56. The van der Waals surface area contributed by atoms with Crippen molar-refractivity contribution in [2.24, 2.45) is 7.05 Å². The molecule has 2 aromatic heterocycles. The van der Waals surface area contributed by atoms with Gasteiger partial charge in [0.2, 0.25) is 0 Å². The number of aromatic nitrogens is 2. The molecule has 1 N–H and O–H groups in total. The van der Waals surface area contributed by atoms with Crippen LogP contribution in [0.25, 0.3) is 11.0 Å². The van der Waals surface area contributed by atoms with Gasteiger partial charge in [0.15, 0.2) is 0 Å². The summed E-state index contributed by atoms with van der Waals surface area (Å²) in [5.41, 5.74) is 3.58. The molecule has 25 heavy (non-hydrogen) atoms. The van der Waals surface area contributed by atoms with Crippen LogP contribution >= 0.6 is 0 Å². The first kappa shape index (κ1) is 15.7. The Bertz CT molecular complexity index is 954. The molecule has 1 aromatic carbocycles. The van der Waals surface area contributed by atoms with Crippen LogP contribution in [0, 0.1) is 6.92 Å². The Morgan fingerprint density at radius 1 is 1.44 bits per heavy atom. The second-order valence-electron chi connectivity index (χ2n) is 6.48. The van der Waals surface area contributed by atoms with Crippen molar-refractivity contribution in [3.63, 3.8) is 0 Å². The van der Waals surface area contributed by atoms with Gasteiger partial charge in [-0.05, 0) is 44.4 Å². The van der Waals surface area contributed by atoms with E-state index in [0.29, 0.717) is 22.7 Å². The fraction of sp³-hybridized carbons (Fsp3) is 0.368. The summed E-state index contributed by atoms with van der Waals surface area (Å²) < 4.78 is 12.9. The molecule has 3 aromatic rings. The van der Waals surface area contributed by atoms with Gasteiger partial charge in [-0.25, -0.2) is 0 Å². The van der Waals surface area contributed by atoms with Crippen molar-refractivity contribution in [3.8, 4) is 5.75 Å². The maximum absolute atomic E-state index is 13.0. The molecule has 1 aliphatic carbocycles. The number of carbonyl (C=O) groups is 1. The average Bonchev–Trinajstić information content (AvgIpc) is 3.14. The number of benzene rings is 1. The summed E-state index contributed by atoms with van der Waals surface area (Å²) in [5, 5.41) is 8.28. The van der Waals surface area contributed by atoms with Gasteiger partial charge in [0, 0.05) is 23.7 Å². The van der Waals surface area contributed by atoms with Crippen molar-refractivity contribution in [3.05, 3.63) is 47.0 Å². The van der Waals surface area contributed by atoms with Gasteiger partial charge < -0.3 is 14.5 Å². The minimum atomic E-state index is -0.119. The Morgan fingerprint density at radius 3 is 3.08 bits per heavy atom. The SMILES string of the molecule is COc1ccc2oc(C)c(C(=O)N[C@@H]3CCCc4c3cnn4C)c2c1. The summed E-state index contributed by atoms with van der Waals surface area (Å²) in [6.07, 6.45) is 4.82. The van der Waals surface area contributed by atoms with Crippen LogP contribution in [-0.2, 0) is 13.5 Å². The van der Waals surface area contributed by atoms with Gasteiger partial charge in [-0.2, -0.15) is 5.10 Å². The van der Waals surface area contributed by atoms with Gasteiger partial charge in [0.1, 0.15) is 17.1 Å². The zero-order valence-electron chi connectivity index (χ0n) is 14.6.